The number of likely N-dealkylation sites (tertiary alicyclic amines) is 2. The van der Waals surface area contributed by atoms with Crippen LogP contribution in [0, 0.1) is 17.3 Å². The van der Waals surface area contributed by atoms with E-state index < -0.39 is 0 Å². The molecular formula is C18H31N3O3. The van der Waals surface area contributed by atoms with E-state index >= 15 is 0 Å². The van der Waals surface area contributed by atoms with Crippen LogP contribution in [0.1, 0.15) is 44.9 Å². The lowest BCUT2D eigenvalue weighted by molar-refractivity contribution is -0.141. The van der Waals surface area contributed by atoms with Gasteiger partial charge in [-0.2, -0.15) is 0 Å². The Morgan fingerprint density at radius 3 is 2.42 bits per heavy atom. The minimum Gasteiger partial charge on any atom is -0.396 e. The summed E-state index contributed by atoms with van der Waals surface area (Å²) in [4.78, 5) is 28.0. The number of carbonyl (C=O) groups is 2. The first-order valence-electron chi connectivity index (χ1n) is 9.42. The van der Waals surface area contributed by atoms with Crippen LogP contribution < -0.4 is 5.73 Å². The third-order valence-corrected chi connectivity index (χ3v) is 6.04. The Bertz CT molecular complexity index is 472. The van der Waals surface area contributed by atoms with E-state index in [9.17, 15) is 14.7 Å². The Morgan fingerprint density at radius 1 is 1.12 bits per heavy atom. The van der Waals surface area contributed by atoms with E-state index in [1.54, 1.807) is 0 Å². The number of piperidine rings is 2. The molecule has 1 atom stereocenters. The lowest BCUT2D eigenvalue weighted by Gasteiger charge is -2.44. The molecule has 2 heterocycles. The smallest absolute Gasteiger partial charge is 0.231 e. The second kappa shape index (κ2) is 7.40. The third kappa shape index (κ3) is 4.28. The van der Waals surface area contributed by atoms with Crippen LogP contribution in [0.4, 0.5) is 0 Å². The van der Waals surface area contributed by atoms with Gasteiger partial charge in [0.1, 0.15) is 0 Å². The van der Waals surface area contributed by atoms with Gasteiger partial charge in [-0.25, -0.2) is 0 Å². The highest BCUT2D eigenvalue weighted by Crippen LogP contribution is 2.44. The van der Waals surface area contributed by atoms with Gasteiger partial charge in [0.15, 0.2) is 0 Å². The second-order valence-corrected chi connectivity index (χ2v) is 8.19. The summed E-state index contributed by atoms with van der Waals surface area (Å²) < 4.78 is 0. The standard InChI is InChI=1S/C18H31N3O3/c19-16(23)11-20-8-4-15(5-9-20)17(24)21-7-1-6-18(12-21,13-22)10-14-2-3-14/h14-15,22H,1-13H2,(H2,19,23)/t18-/m0/s1. The van der Waals surface area contributed by atoms with E-state index in [1.807, 2.05) is 9.80 Å². The molecule has 1 saturated carbocycles. The van der Waals surface area contributed by atoms with Crippen molar-refractivity contribution in [3.8, 4) is 0 Å². The molecule has 0 aromatic rings. The number of primary amides is 1. The molecule has 2 amide bonds. The largest absolute Gasteiger partial charge is 0.396 e. The van der Waals surface area contributed by atoms with Crippen molar-refractivity contribution < 1.29 is 14.7 Å². The number of amides is 2. The number of aliphatic hydroxyl groups is 1. The molecule has 0 unspecified atom stereocenters. The molecule has 0 spiro atoms. The quantitative estimate of drug-likeness (QED) is 0.742. The molecule has 3 fully saturated rings. The number of rotatable bonds is 6. The fraction of sp³-hybridized carbons (Fsp3) is 0.889. The molecule has 136 valence electrons. The highest BCUT2D eigenvalue weighted by molar-refractivity contribution is 5.79. The lowest BCUT2D eigenvalue weighted by atomic mass is 9.76. The van der Waals surface area contributed by atoms with Gasteiger partial charge in [0, 0.05) is 24.4 Å². The molecule has 3 rings (SSSR count). The van der Waals surface area contributed by atoms with E-state index in [0.29, 0.717) is 6.54 Å². The molecule has 2 saturated heterocycles. The predicted molar refractivity (Wildman–Crippen MR) is 91.0 cm³/mol. The number of nitrogens with two attached hydrogens (primary N) is 1. The maximum Gasteiger partial charge on any atom is 0.231 e. The molecule has 6 nitrogen and oxygen atoms in total. The number of carbonyl (C=O) groups excluding carboxylic acids is 2. The van der Waals surface area contributed by atoms with Crippen LogP contribution in [0.25, 0.3) is 0 Å². The molecule has 3 aliphatic rings. The van der Waals surface area contributed by atoms with E-state index in [-0.39, 0.29) is 29.8 Å². The van der Waals surface area contributed by atoms with Gasteiger partial charge in [0.2, 0.25) is 11.8 Å². The molecular weight excluding hydrogens is 306 g/mol. The van der Waals surface area contributed by atoms with E-state index in [0.717, 1.165) is 64.2 Å². The highest BCUT2D eigenvalue weighted by atomic mass is 16.3. The summed E-state index contributed by atoms with van der Waals surface area (Å²) >= 11 is 0. The average Bonchev–Trinajstić information content (AvgIpc) is 3.38. The van der Waals surface area contributed by atoms with Crippen LogP contribution in [0.2, 0.25) is 0 Å². The molecule has 1 aliphatic carbocycles. The summed E-state index contributed by atoms with van der Waals surface area (Å²) in [5.41, 5.74) is 5.18. The van der Waals surface area contributed by atoms with Gasteiger partial charge in [-0.15, -0.1) is 0 Å². The van der Waals surface area contributed by atoms with E-state index in [1.165, 1.54) is 12.8 Å². The van der Waals surface area contributed by atoms with Crippen molar-refractivity contribution >= 4 is 11.8 Å². The van der Waals surface area contributed by atoms with Crippen LogP contribution >= 0.6 is 0 Å². The Labute approximate surface area is 144 Å². The van der Waals surface area contributed by atoms with Crippen LogP contribution in [0.3, 0.4) is 0 Å². The second-order valence-electron chi connectivity index (χ2n) is 8.19. The molecule has 3 N–H and O–H groups in total. The average molecular weight is 337 g/mol. The first kappa shape index (κ1) is 17.7. The Morgan fingerprint density at radius 2 is 1.83 bits per heavy atom. The molecule has 6 heteroatoms. The highest BCUT2D eigenvalue weighted by Gasteiger charge is 2.42. The molecule has 2 aliphatic heterocycles. The number of nitrogens with zero attached hydrogens (tertiary/aromatic N) is 2. The summed E-state index contributed by atoms with van der Waals surface area (Å²) in [5, 5.41) is 9.96. The first-order chi connectivity index (χ1) is 11.5. The third-order valence-electron chi connectivity index (χ3n) is 6.04. The Kier molecular flexibility index (Phi) is 5.45. The minimum absolute atomic E-state index is 0.0598. The van der Waals surface area contributed by atoms with Gasteiger partial charge in [-0.3, -0.25) is 14.5 Å². The number of hydrogen-bond acceptors (Lipinski definition) is 4. The topological polar surface area (TPSA) is 86.9 Å². The molecule has 0 bridgehead atoms. The van der Waals surface area contributed by atoms with Crippen molar-refractivity contribution in [2.75, 3.05) is 39.3 Å². The van der Waals surface area contributed by atoms with Crippen LogP contribution in [-0.2, 0) is 9.59 Å². The van der Waals surface area contributed by atoms with Crippen molar-refractivity contribution in [3.05, 3.63) is 0 Å². The number of aliphatic hydroxyl groups excluding tert-OH is 1. The maximum absolute atomic E-state index is 12.9. The van der Waals surface area contributed by atoms with Crippen LogP contribution in [0.15, 0.2) is 0 Å². The summed E-state index contributed by atoms with van der Waals surface area (Å²) in [6, 6.07) is 0. The molecule has 24 heavy (non-hydrogen) atoms. The van der Waals surface area contributed by atoms with Crippen molar-refractivity contribution in [3.63, 3.8) is 0 Å². The lowest BCUT2D eigenvalue weighted by Crippen LogP contribution is -2.51. The van der Waals surface area contributed by atoms with Crippen molar-refractivity contribution in [1.29, 1.82) is 0 Å². The zero-order valence-corrected chi connectivity index (χ0v) is 14.6. The Hall–Kier alpha value is -1.14. The van der Waals surface area contributed by atoms with Crippen molar-refractivity contribution in [1.82, 2.24) is 9.80 Å². The first-order valence-corrected chi connectivity index (χ1v) is 9.42. The summed E-state index contributed by atoms with van der Waals surface area (Å²) in [6.45, 7) is 3.57. The normalized spacial score (nSPS) is 29.6. The fourth-order valence-corrected chi connectivity index (χ4v) is 4.51. The fourth-order valence-electron chi connectivity index (χ4n) is 4.51. The van der Waals surface area contributed by atoms with Gasteiger partial charge in [-0.1, -0.05) is 12.8 Å². The maximum atomic E-state index is 12.9. The SMILES string of the molecule is NC(=O)CN1CCC(C(=O)N2CCC[C@](CO)(CC3CC3)C2)CC1. The zero-order valence-electron chi connectivity index (χ0n) is 14.6. The van der Waals surface area contributed by atoms with E-state index in [2.05, 4.69) is 0 Å². The zero-order chi connectivity index (χ0) is 17.2. The van der Waals surface area contributed by atoms with Gasteiger partial charge >= 0.3 is 0 Å². The summed E-state index contributed by atoms with van der Waals surface area (Å²) in [7, 11) is 0. The molecule has 0 radical (unpaired) electrons. The monoisotopic (exact) mass is 337 g/mol. The minimum atomic E-state index is -0.302. The molecule has 0 aromatic carbocycles. The van der Waals surface area contributed by atoms with Gasteiger partial charge in [0.25, 0.3) is 0 Å². The van der Waals surface area contributed by atoms with Crippen molar-refractivity contribution in [2.24, 2.45) is 23.0 Å². The summed E-state index contributed by atoms with van der Waals surface area (Å²) in [6.07, 6.45) is 7.29. The summed E-state index contributed by atoms with van der Waals surface area (Å²) in [5.74, 6) is 0.777. The van der Waals surface area contributed by atoms with Crippen LogP contribution in [0.5, 0.6) is 0 Å². The number of hydrogen-bond donors (Lipinski definition) is 2. The predicted octanol–water partition coefficient (Wildman–Crippen LogP) is 0.585. The van der Waals surface area contributed by atoms with Crippen molar-refractivity contribution in [2.45, 2.75) is 44.9 Å². The van der Waals surface area contributed by atoms with Gasteiger partial charge < -0.3 is 15.7 Å². The van der Waals surface area contributed by atoms with Gasteiger partial charge in [0.05, 0.1) is 13.2 Å². The van der Waals surface area contributed by atoms with Gasteiger partial charge in [-0.05, 0) is 51.1 Å². The molecule has 0 aromatic heterocycles. The van der Waals surface area contributed by atoms with E-state index in [4.69, 9.17) is 5.73 Å². The Balaban J connectivity index is 1.53. The van der Waals surface area contributed by atoms with Crippen LogP contribution in [-0.4, -0.2) is 66.1 Å².